The first-order valence-corrected chi connectivity index (χ1v) is 10.7. The van der Waals surface area contributed by atoms with E-state index in [0.717, 1.165) is 19.3 Å². The van der Waals surface area contributed by atoms with Crippen LogP contribution in [0, 0.1) is 0 Å². The number of sulfonamides is 1. The van der Waals surface area contributed by atoms with Crippen molar-refractivity contribution in [2.45, 2.75) is 22.8 Å². The highest BCUT2D eigenvalue weighted by Gasteiger charge is 2.20. The third-order valence-electron chi connectivity index (χ3n) is 3.80. The van der Waals surface area contributed by atoms with E-state index in [9.17, 15) is 16.8 Å². The van der Waals surface area contributed by atoms with Crippen molar-refractivity contribution >= 4 is 19.9 Å². The van der Waals surface area contributed by atoms with Gasteiger partial charge >= 0.3 is 0 Å². The molecule has 1 aliphatic rings. The van der Waals surface area contributed by atoms with Crippen molar-refractivity contribution in [3.63, 3.8) is 0 Å². The van der Waals surface area contributed by atoms with E-state index >= 15 is 0 Å². The number of hydrogen-bond acceptors (Lipinski definition) is 6. The topological polar surface area (TPSA) is 92.8 Å². The van der Waals surface area contributed by atoms with Crippen molar-refractivity contribution < 1.29 is 21.6 Å². The lowest BCUT2D eigenvalue weighted by Crippen LogP contribution is -2.47. The number of rotatable bonds is 6. The maximum absolute atomic E-state index is 12.3. The number of nitrogens with one attached hydrogen (secondary N) is 1. The van der Waals surface area contributed by atoms with Gasteiger partial charge in [0.1, 0.15) is 0 Å². The minimum atomic E-state index is -3.66. The average molecular weight is 362 g/mol. The number of sulfone groups is 1. The van der Waals surface area contributed by atoms with Crippen LogP contribution in [0.1, 0.15) is 6.92 Å². The Labute approximate surface area is 137 Å². The summed E-state index contributed by atoms with van der Waals surface area (Å²) in [7, 11) is -7.00. The van der Waals surface area contributed by atoms with E-state index in [1.807, 2.05) is 6.92 Å². The van der Waals surface area contributed by atoms with Crippen LogP contribution in [0.15, 0.2) is 34.1 Å². The summed E-state index contributed by atoms with van der Waals surface area (Å²) in [5.74, 6) is 0. The van der Waals surface area contributed by atoms with Gasteiger partial charge in [-0.05, 0) is 31.2 Å². The van der Waals surface area contributed by atoms with Crippen molar-refractivity contribution in [1.29, 1.82) is 0 Å². The fourth-order valence-electron chi connectivity index (χ4n) is 2.33. The molecule has 23 heavy (non-hydrogen) atoms. The maximum atomic E-state index is 12.3. The molecule has 1 unspecified atom stereocenters. The maximum Gasteiger partial charge on any atom is 0.240 e. The van der Waals surface area contributed by atoms with Crippen LogP contribution in [0.5, 0.6) is 0 Å². The summed E-state index contributed by atoms with van der Waals surface area (Å²) in [6.07, 6.45) is 1.08. The number of benzene rings is 1. The molecule has 2 rings (SSSR count). The van der Waals surface area contributed by atoms with Crippen molar-refractivity contribution in [1.82, 2.24) is 9.62 Å². The lowest BCUT2D eigenvalue weighted by molar-refractivity contribution is 0.0213. The smallest absolute Gasteiger partial charge is 0.240 e. The van der Waals surface area contributed by atoms with Gasteiger partial charge in [0.25, 0.3) is 0 Å². The van der Waals surface area contributed by atoms with E-state index in [1.165, 1.54) is 24.3 Å². The molecule has 130 valence electrons. The molecule has 1 fully saturated rings. The monoisotopic (exact) mass is 362 g/mol. The molecule has 0 aromatic heterocycles. The number of hydrogen-bond donors (Lipinski definition) is 1. The summed E-state index contributed by atoms with van der Waals surface area (Å²) < 4.78 is 55.2. The summed E-state index contributed by atoms with van der Waals surface area (Å²) in [5.41, 5.74) is 0. The molecule has 1 N–H and O–H groups in total. The van der Waals surface area contributed by atoms with Gasteiger partial charge in [-0.2, -0.15) is 0 Å². The first kappa shape index (κ1) is 18.3. The molecule has 0 saturated carbocycles. The minimum Gasteiger partial charge on any atom is -0.379 e. The van der Waals surface area contributed by atoms with Crippen molar-refractivity contribution in [3.8, 4) is 0 Å². The van der Waals surface area contributed by atoms with Crippen LogP contribution in [-0.4, -0.2) is 66.9 Å². The first-order valence-electron chi connectivity index (χ1n) is 7.32. The third-order valence-corrected chi connectivity index (χ3v) is 6.37. The Hall–Kier alpha value is -1.00. The number of morpholine rings is 1. The summed E-state index contributed by atoms with van der Waals surface area (Å²) in [5, 5.41) is 0. The molecule has 1 aromatic rings. The zero-order chi connectivity index (χ0) is 17.1. The van der Waals surface area contributed by atoms with Crippen LogP contribution >= 0.6 is 0 Å². The predicted octanol–water partition coefficient (Wildman–Crippen LogP) is 0.0891. The number of ether oxygens (including phenoxy) is 1. The second-order valence-corrected chi connectivity index (χ2v) is 9.38. The Bertz CT molecular complexity index is 723. The Kier molecular flexibility index (Phi) is 5.79. The van der Waals surface area contributed by atoms with Crippen LogP contribution in [0.3, 0.4) is 0 Å². The van der Waals surface area contributed by atoms with Crippen molar-refractivity contribution in [3.05, 3.63) is 24.3 Å². The zero-order valence-electron chi connectivity index (χ0n) is 13.2. The van der Waals surface area contributed by atoms with Crippen LogP contribution in [0.2, 0.25) is 0 Å². The zero-order valence-corrected chi connectivity index (χ0v) is 14.9. The molecule has 0 radical (unpaired) electrons. The lowest BCUT2D eigenvalue weighted by Gasteiger charge is -2.32. The highest BCUT2D eigenvalue weighted by Crippen LogP contribution is 2.14. The Morgan fingerprint density at radius 2 is 1.61 bits per heavy atom. The van der Waals surface area contributed by atoms with Gasteiger partial charge in [0.2, 0.25) is 10.0 Å². The summed E-state index contributed by atoms with van der Waals surface area (Å²) >= 11 is 0. The van der Waals surface area contributed by atoms with Crippen LogP contribution in [0.4, 0.5) is 0 Å². The Balaban J connectivity index is 2.01. The molecule has 0 aliphatic carbocycles. The normalized spacial score (nSPS) is 18.7. The Morgan fingerprint density at radius 1 is 1.09 bits per heavy atom. The van der Waals surface area contributed by atoms with Gasteiger partial charge in [-0.3, -0.25) is 4.90 Å². The lowest BCUT2D eigenvalue weighted by atomic mass is 10.2. The van der Waals surface area contributed by atoms with Gasteiger partial charge < -0.3 is 4.74 Å². The molecule has 0 spiro atoms. The van der Waals surface area contributed by atoms with Crippen LogP contribution < -0.4 is 4.72 Å². The molecular formula is C14H22N2O5S2. The molecule has 1 saturated heterocycles. The van der Waals surface area contributed by atoms with Crippen molar-refractivity contribution in [2.75, 3.05) is 39.1 Å². The third kappa shape index (κ3) is 4.98. The molecule has 0 amide bonds. The average Bonchev–Trinajstić information content (AvgIpc) is 2.53. The molecule has 0 bridgehead atoms. The second-order valence-electron chi connectivity index (χ2n) is 5.59. The molecule has 1 atom stereocenters. The fourth-order valence-corrected chi connectivity index (χ4v) is 4.08. The van der Waals surface area contributed by atoms with Gasteiger partial charge in [-0.25, -0.2) is 21.6 Å². The Morgan fingerprint density at radius 3 is 2.13 bits per heavy atom. The number of nitrogens with zero attached hydrogens (tertiary/aromatic N) is 1. The minimum absolute atomic E-state index is 0.0547. The highest BCUT2D eigenvalue weighted by molar-refractivity contribution is 7.90. The van der Waals surface area contributed by atoms with Gasteiger partial charge in [-0.15, -0.1) is 0 Å². The van der Waals surface area contributed by atoms with Gasteiger partial charge in [0.15, 0.2) is 9.84 Å². The quantitative estimate of drug-likeness (QED) is 0.771. The van der Waals surface area contributed by atoms with E-state index in [4.69, 9.17) is 4.74 Å². The summed E-state index contributed by atoms with van der Waals surface area (Å²) in [4.78, 5) is 2.32. The molecule has 1 aromatic carbocycles. The molecule has 7 nitrogen and oxygen atoms in total. The highest BCUT2D eigenvalue weighted by atomic mass is 32.2. The largest absolute Gasteiger partial charge is 0.379 e. The predicted molar refractivity (Wildman–Crippen MR) is 86.6 cm³/mol. The van der Waals surface area contributed by atoms with Crippen LogP contribution in [-0.2, 0) is 24.6 Å². The van der Waals surface area contributed by atoms with E-state index in [1.54, 1.807) is 0 Å². The fraction of sp³-hybridized carbons (Fsp3) is 0.571. The molecule has 1 heterocycles. The molecular weight excluding hydrogens is 340 g/mol. The van der Waals surface area contributed by atoms with Gasteiger partial charge in [-0.1, -0.05) is 0 Å². The van der Waals surface area contributed by atoms with E-state index in [2.05, 4.69) is 9.62 Å². The molecule has 9 heteroatoms. The van der Waals surface area contributed by atoms with Crippen molar-refractivity contribution in [2.24, 2.45) is 0 Å². The van der Waals surface area contributed by atoms with E-state index in [-0.39, 0.29) is 22.4 Å². The SMILES string of the molecule is CC(CNS(=O)(=O)c1ccc(S(C)(=O)=O)cc1)N1CCOCC1. The summed E-state index contributed by atoms with van der Waals surface area (Å²) in [6.45, 7) is 5.13. The van der Waals surface area contributed by atoms with Gasteiger partial charge in [0.05, 0.1) is 23.0 Å². The first-order chi connectivity index (χ1) is 10.7. The van der Waals surface area contributed by atoms with E-state index in [0.29, 0.717) is 13.2 Å². The standard InChI is InChI=1S/C14H22N2O5S2/c1-12(16-7-9-21-10-8-16)11-15-23(19,20)14-5-3-13(4-6-14)22(2,17)18/h3-6,12,15H,7-11H2,1-2H3. The summed E-state index contributed by atoms with van der Waals surface area (Å²) in [6, 6.07) is 5.27. The van der Waals surface area contributed by atoms with E-state index < -0.39 is 19.9 Å². The second kappa shape index (κ2) is 7.27. The van der Waals surface area contributed by atoms with Gasteiger partial charge in [0, 0.05) is 31.9 Å². The van der Waals surface area contributed by atoms with Crippen LogP contribution in [0.25, 0.3) is 0 Å². The molecule has 1 aliphatic heterocycles.